The SMILES string of the molecule is CN(c1ccc(CN)cc1)c1ccc(S(N)(=O)=O)cn1. The van der Waals surface area contributed by atoms with Crippen molar-refractivity contribution in [2.45, 2.75) is 11.4 Å². The van der Waals surface area contributed by atoms with Gasteiger partial charge in [-0.05, 0) is 29.8 Å². The molecular weight excluding hydrogens is 276 g/mol. The monoisotopic (exact) mass is 292 g/mol. The van der Waals surface area contributed by atoms with Crippen molar-refractivity contribution in [3.63, 3.8) is 0 Å². The molecule has 106 valence electrons. The summed E-state index contributed by atoms with van der Waals surface area (Å²) in [6.45, 7) is 0.491. The van der Waals surface area contributed by atoms with Gasteiger partial charge in [0, 0.05) is 25.5 Å². The molecule has 0 atom stereocenters. The van der Waals surface area contributed by atoms with Gasteiger partial charge in [-0.15, -0.1) is 0 Å². The maximum absolute atomic E-state index is 11.2. The Bertz CT molecular complexity index is 681. The Morgan fingerprint density at radius 1 is 1.15 bits per heavy atom. The van der Waals surface area contributed by atoms with E-state index in [4.69, 9.17) is 10.9 Å². The van der Waals surface area contributed by atoms with E-state index in [0.29, 0.717) is 12.4 Å². The van der Waals surface area contributed by atoms with Crippen LogP contribution in [0.15, 0.2) is 47.5 Å². The average Bonchev–Trinajstić information content (AvgIpc) is 2.46. The lowest BCUT2D eigenvalue weighted by Gasteiger charge is -2.18. The zero-order valence-corrected chi connectivity index (χ0v) is 11.8. The first kappa shape index (κ1) is 14.4. The molecule has 0 spiro atoms. The van der Waals surface area contributed by atoms with Crippen molar-refractivity contribution in [1.82, 2.24) is 4.98 Å². The molecule has 7 heteroatoms. The van der Waals surface area contributed by atoms with E-state index < -0.39 is 10.0 Å². The van der Waals surface area contributed by atoms with Crippen LogP contribution in [0.4, 0.5) is 11.5 Å². The molecule has 4 N–H and O–H groups in total. The van der Waals surface area contributed by atoms with Crippen molar-refractivity contribution >= 4 is 21.5 Å². The lowest BCUT2D eigenvalue weighted by molar-refractivity contribution is 0.597. The fraction of sp³-hybridized carbons (Fsp3) is 0.154. The van der Waals surface area contributed by atoms with E-state index in [1.165, 1.54) is 12.3 Å². The Morgan fingerprint density at radius 3 is 2.25 bits per heavy atom. The van der Waals surface area contributed by atoms with Crippen molar-refractivity contribution < 1.29 is 8.42 Å². The summed E-state index contributed by atoms with van der Waals surface area (Å²) in [4.78, 5) is 5.94. The van der Waals surface area contributed by atoms with Gasteiger partial charge in [-0.1, -0.05) is 12.1 Å². The molecule has 1 aromatic heterocycles. The number of rotatable bonds is 4. The Labute approximate surface area is 118 Å². The number of hydrogen-bond donors (Lipinski definition) is 2. The summed E-state index contributed by atoms with van der Waals surface area (Å²) in [5, 5.41) is 5.03. The summed E-state index contributed by atoms with van der Waals surface area (Å²) in [5.74, 6) is 0.623. The Balaban J connectivity index is 2.26. The van der Waals surface area contributed by atoms with E-state index in [0.717, 1.165) is 11.3 Å². The number of primary sulfonamides is 1. The highest BCUT2D eigenvalue weighted by atomic mass is 32.2. The number of sulfonamides is 1. The summed E-state index contributed by atoms with van der Waals surface area (Å²) in [6.07, 6.45) is 1.25. The van der Waals surface area contributed by atoms with Crippen LogP contribution in [-0.4, -0.2) is 20.4 Å². The van der Waals surface area contributed by atoms with Crippen LogP contribution >= 0.6 is 0 Å². The highest BCUT2D eigenvalue weighted by Crippen LogP contribution is 2.22. The van der Waals surface area contributed by atoms with Crippen LogP contribution in [0.25, 0.3) is 0 Å². The van der Waals surface area contributed by atoms with E-state index in [1.54, 1.807) is 6.07 Å². The molecule has 2 aromatic rings. The predicted octanol–water partition coefficient (Wildman–Crippen LogP) is 0.956. The van der Waals surface area contributed by atoms with Crippen LogP contribution in [0, 0.1) is 0 Å². The second kappa shape index (κ2) is 5.58. The van der Waals surface area contributed by atoms with Gasteiger partial charge < -0.3 is 10.6 Å². The van der Waals surface area contributed by atoms with Crippen molar-refractivity contribution in [3.05, 3.63) is 48.2 Å². The van der Waals surface area contributed by atoms with Crippen LogP contribution < -0.4 is 15.8 Å². The fourth-order valence-corrected chi connectivity index (χ4v) is 2.18. The lowest BCUT2D eigenvalue weighted by atomic mass is 10.2. The fourth-order valence-electron chi connectivity index (χ4n) is 1.73. The van der Waals surface area contributed by atoms with E-state index in [-0.39, 0.29) is 4.90 Å². The van der Waals surface area contributed by atoms with Gasteiger partial charge in [0.25, 0.3) is 0 Å². The summed E-state index contributed by atoms with van der Waals surface area (Å²) in [7, 11) is -1.87. The number of nitrogens with two attached hydrogens (primary N) is 2. The predicted molar refractivity (Wildman–Crippen MR) is 78.0 cm³/mol. The maximum Gasteiger partial charge on any atom is 0.239 e. The topological polar surface area (TPSA) is 102 Å². The zero-order valence-electron chi connectivity index (χ0n) is 11.0. The molecule has 2 rings (SSSR count). The van der Waals surface area contributed by atoms with Gasteiger partial charge in [0.2, 0.25) is 10.0 Å². The molecule has 0 radical (unpaired) electrons. The van der Waals surface area contributed by atoms with Crippen LogP contribution in [-0.2, 0) is 16.6 Å². The molecule has 0 aliphatic carbocycles. The Morgan fingerprint density at radius 2 is 1.80 bits per heavy atom. The molecule has 1 aromatic carbocycles. The minimum Gasteiger partial charge on any atom is -0.329 e. The van der Waals surface area contributed by atoms with Crippen LogP contribution in [0.5, 0.6) is 0 Å². The molecule has 20 heavy (non-hydrogen) atoms. The molecular formula is C13H16N4O2S. The van der Waals surface area contributed by atoms with Crippen molar-refractivity contribution in [3.8, 4) is 0 Å². The van der Waals surface area contributed by atoms with Gasteiger partial charge in [0.1, 0.15) is 10.7 Å². The van der Waals surface area contributed by atoms with Crippen molar-refractivity contribution in [2.24, 2.45) is 10.9 Å². The number of hydrogen-bond acceptors (Lipinski definition) is 5. The van der Waals surface area contributed by atoms with Crippen LogP contribution in [0.1, 0.15) is 5.56 Å². The number of benzene rings is 1. The molecule has 0 unspecified atom stereocenters. The first-order valence-electron chi connectivity index (χ1n) is 5.93. The first-order chi connectivity index (χ1) is 9.41. The van der Waals surface area contributed by atoms with E-state index in [1.807, 2.05) is 36.2 Å². The normalized spacial score (nSPS) is 11.3. The van der Waals surface area contributed by atoms with Crippen LogP contribution in [0.2, 0.25) is 0 Å². The summed E-state index contributed by atoms with van der Waals surface area (Å²) in [6, 6.07) is 10.8. The number of anilines is 2. The van der Waals surface area contributed by atoms with Gasteiger partial charge in [-0.2, -0.15) is 0 Å². The van der Waals surface area contributed by atoms with E-state index in [2.05, 4.69) is 4.98 Å². The molecule has 0 saturated heterocycles. The zero-order chi connectivity index (χ0) is 14.8. The third kappa shape index (κ3) is 3.13. The molecule has 0 saturated carbocycles. The highest BCUT2D eigenvalue weighted by Gasteiger charge is 2.10. The standard InChI is InChI=1S/C13H16N4O2S/c1-17(11-4-2-10(8-14)3-5-11)13-7-6-12(9-16-13)20(15,18)19/h2-7,9H,8,14H2,1H3,(H2,15,18,19). The van der Waals surface area contributed by atoms with Gasteiger partial charge in [-0.3, -0.25) is 0 Å². The van der Waals surface area contributed by atoms with Crippen molar-refractivity contribution in [1.29, 1.82) is 0 Å². The van der Waals surface area contributed by atoms with Crippen molar-refractivity contribution in [2.75, 3.05) is 11.9 Å². The van der Waals surface area contributed by atoms with Gasteiger partial charge in [-0.25, -0.2) is 18.5 Å². The Kier molecular flexibility index (Phi) is 4.03. The summed E-state index contributed by atoms with van der Waals surface area (Å²) < 4.78 is 22.3. The van der Waals surface area contributed by atoms with E-state index in [9.17, 15) is 8.42 Å². The lowest BCUT2D eigenvalue weighted by Crippen LogP contribution is -2.14. The number of pyridine rings is 1. The molecule has 0 bridgehead atoms. The molecule has 0 amide bonds. The number of aromatic nitrogens is 1. The van der Waals surface area contributed by atoms with Gasteiger partial charge in [0.05, 0.1) is 0 Å². The minimum atomic E-state index is -3.71. The largest absolute Gasteiger partial charge is 0.329 e. The second-order valence-corrected chi connectivity index (χ2v) is 5.89. The second-order valence-electron chi connectivity index (χ2n) is 4.33. The van der Waals surface area contributed by atoms with Gasteiger partial charge in [0.15, 0.2) is 0 Å². The number of nitrogens with zero attached hydrogens (tertiary/aromatic N) is 2. The Hall–Kier alpha value is -1.96. The molecule has 0 aliphatic rings. The van der Waals surface area contributed by atoms with Gasteiger partial charge >= 0.3 is 0 Å². The maximum atomic E-state index is 11.2. The molecule has 0 aliphatic heterocycles. The molecule has 6 nitrogen and oxygen atoms in total. The smallest absolute Gasteiger partial charge is 0.239 e. The third-order valence-electron chi connectivity index (χ3n) is 2.95. The third-order valence-corrected chi connectivity index (χ3v) is 3.85. The highest BCUT2D eigenvalue weighted by molar-refractivity contribution is 7.89. The summed E-state index contributed by atoms with van der Waals surface area (Å²) in [5.41, 5.74) is 7.52. The summed E-state index contributed by atoms with van der Waals surface area (Å²) >= 11 is 0. The van der Waals surface area contributed by atoms with E-state index >= 15 is 0 Å². The van der Waals surface area contributed by atoms with Crippen LogP contribution in [0.3, 0.4) is 0 Å². The average molecular weight is 292 g/mol. The minimum absolute atomic E-state index is 0.00636. The molecule has 1 heterocycles. The molecule has 0 fully saturated rings. The quantitative estimate of drug-likeness (QED) is 0.873. The first-order valence-corrected chi connectivity index (χ1v) is 7.48.